The van der Waals surface area contributed by atoms with Crippen LogP contribution < -0.4 is 15.5 Å². The number of carboxylic acid groups (broad SMARTS) is 3. The molecule has 34 nitrogen and oxygen atoms in total. The maximum atomic E-state index is 12.3. The number of carbonyl (C=O) groups excluding carboxylic acids is 5. The molecule has 0 radical (unpaired) electrons. The van der Waals surface area contributed by atoms with Gasteiger partial charge in [0.1, 0.15) is 5.92 Å². The molecule has 7 aliphatic heterocycles. The van der Waals surface area contributed by atoms with Crippen molar-refractivity contribution in [1.82, 2.24) is 58.0 Å². The lowest BCUT2D eigenvalue weighted by Crippen LogP contribution is -2.42. The van der Waals surface area contributed by atoms with Gasteiger partial charge in [-0.2, -0.15) is 0 Å². The molecular formula is C83H132B7Cl3N12O22. The Morgan fingerprint density at radius 2 is 0.756 bits per heavy atom. The number of esters is 4. The molecule has 6 saturated heterocycles. The molecule has 7 heterocycles. The minimum Gasteiger partial charge on any atom is -0.481 e. The van der Waals surface area contributed by atoms with Gasteiger partial charge in [0.2, 0.25) is 0 Å². The van der Waals surface area contributed by atoms with Crippen LogP contribution in [0.1, 0.15) is 109 Å². The number of carboxylic acids is 3. The zero-order valence-electron chi connectivity index (χ0n) is 76.0. The van der Waals surface area contributed by atoms with Crippen molar-refractivity contribution in [3.8, 4) is 0 Å². The molecule has 4 aromatic carbocycles. The van der Waals surface area contributed by atoms with Crippen LogP contribution in [0.4, 0.5) is 0 Å². The Hall–Kier alpha value is -7.02. The monoisotopic (exact) mass is 1830 g/mol. The first-order valence-corrected chi connectivity index (χ1v) is 44.6. The Balaban J connectivity index is 0.000000266. The van der Waals surface area contributed by atoms with E-state index in [1.807, 2.05) is 151 Å². The predicted octanol–water partition coefficient (Wildman–Crippen LogP) is 4.90. The normalized spacial score (nSPS) is 23.4. The van der Waals surface area contributed by atoms with Crippen molar-refractivity contribution < 1.29 is 108 Å². The SMILES string of the molecule is CB(O)N1C[C@@H](C)[C@H](C(=O)O)C1.CB(O)N1C[C@@H](N(Cl)[C@H](C)c2ccccc2)[C@H](C(=O)O)C1.CB(O)N1C[C@@H](NCl)[C@H](C(=O)O)C1.CCOC(=O)C1=C(N[C@H](C)c2ccccc2)CN(B(C)O)C1.CCOC(=O)C1CN(B(C)O)CC1=O.CCOC(=O)[C@@H]1CN(B(C)O)C[C@H]1N(Cl)[C@H](C)c1ccccc1.CCOC(=O)[C@@H]1CN(B(C)O)C[C@H]1N[C@H](C)c1ccccc1. The highest BCUT2D eigenvalue weighted by atomic mass is 35.5. The van der Waals surface area contributed by atoms with E-state index in [2.05, 4.69) is 41.4 Å². The van der Waals surface area contributed by atoms with E-state index in [1.165, 1.54) is 5.56 Å². The summed E-state index contributed by atoms with van der Waals surface area (Å²) >= 11 is 18.4. The third kappa shape index (κ3) is 34.0. The number of rotatable bonds is 31. The number of halogens is 3. The Kier molecular flexibility index (Phi) is 48.2. The van der Waals surface area contributed by atoms with Crippen molar-refractivity contribution >= 4 is 132 Å². The first-order chi connectivity index (χ1) is 60.0. The molecule has 44 heteroatoms. The zero-order chi connectivity index (χ0) is 94.8. The fourth-order valence-corrected chi connectivity index (χ4v) is 16.7. The van der Waals surface area contributed by atoms with Gasteiger partial charge in [-0.25, -0.2) is 18.5 Å². The van der Waals surface area contributed by atoms with Crippen molar-refractivity contribution in [2.75, 3.05) is 118 Å². The second kappa shape index (κ2) is 55.4. The highest BCUT2D eigenvalue weighted by Gasteiger charge is 2.48. The fourth-order valence-electron chi connectivity index (χ4n) is 15.9. The van der Waals surface area contributed by atoms with Gasteiger partial charge in [0.25, 0.3) is 0 Å². The number of nitrogens with zero attached hydrogens (tertiary/aromatic N) is 9. The van der Waals surface area contributed by atoms with E-state index < -0.39 is 91.0 Å². The lowest BCUT2D eigenvalue weighted by atomic mass is 9.85. The molecule has 0 saturated carbocycles. The second-order valence-electron chi connectivity index (χ2n) is 32.9. The van der Waals surface area contributed by atoms with Gasteiger partial charge in [-0.3, -0.25) is 33.6 Å². The number of benzene rings is 4. The molecule has 698 valence electrons. The molecule has 127 heavy (non-hydrogen) atoms. The average Bonchev–Trinajstić information content (AvgIpc) is 1.66. The molecule has 0 bridgehead atoms. The Bertz CT molecular complexity index is 4040. The van der Waals surface area contributed by atoms with Gasteiger partial charge in [-0.05, 0) is 173 Å². The van der Waals surface area contributed by atoms with Crippen molar-refractivity contribution in [2.45, 2.75) is 158 Å². The number of hydrogen-bond acceptors (Lipinski definition) is 31. The van der Waals surface area contributed by atoms with Crippen LogP contribution in [0, 0.1) is 41.4 Å². The van der Waals surface area contributed by atoms with Crippen LogP contribution >= 0.6 is 35.3 Å². The van der Waals surface area contributed by atoms with Gasteiger partial charge < -0.3 is 114 Å². The summed E-state index contributed by atoms with van der Waals surface area (Å²) in [5.41, 5.74) is 5.88. The number of ether oxygens (including phenoxy) is 4. The summed E-state index contributed by atoms with van der Waals surface area (Å²) in [6.07, 6.45) is 0. The molecule has 4 aromatic rings. The highest BCUT2D eigenvalue weighted by Crippen LogP contribution is 2.36. The Labute approximate surface area is 766 Å². The number of nitrogens with one attached hydrogen (secondary N) is 3. The van der Waals surface area contributed by atoms with Gasteiger partial charge in [-0.15, -0.1) is 0 Å². The van der Waals surface area contributed by atoms with Gasteiger partial charge in [0.05, 0.1) is 80.2 Å². The molecule has 11 rings (SSSR count). The summed E-state index contributed by atoms with van der Waals surface area (Å²) in [5, 5.41) is 101. The van der Waals surface area contributed by atoms with Gasteiger partial charge in [0, 0.05) is 120 Å². The number of aliphatic carboxylic acids is 3. The average molecular weight is 1830 g/mol. The van der Waals surface area contributed by atoms with Crippen molar-refractivity contribution in [2.24, 2.45) is 41.4 Å². The molecule has 0 aromatic heterocycles. The Morgan fingerprint density at radius 3 is 1.13 bits per heavy atom. The summed E-state index contributed by atoms with van der Waals surface area (Å²) in [5.74, 6) is -6.63. The maximum absolute atomic E-state index is 12.3. The van der Waals surface area contributed by atoms with E-state index in [0.717, 1.165) is 22.4 Å². The molecule has 1 unspecified atom stereocenters. The van der Waals surface area contributed by atoms with Crippen LogP contribution in [0.3, 0.4) is 0 Å². The lowest BCUT2D eigenvalue weighted by Gasteiger charge is -2.30. The third-order valence-corrected chi connectivity index (χ3v) is 25.0. The summed E-state index contributed by atoms with van der Waals surface area (Å²) in [6.45, 7) is 36.2. The van der Waals surface area contributed by atoms with Crippen molar-refractivity contribution in [1.29, 1.82) is 0 Å². The molecule has 6 fully saturated rings. The summed E-state index contributed by atoms with van der Waals surface area (Å²) in [6, 6.07) is 39.0. The highest BCUT2D eigenvalue weighted by molar-refractivity contribution is 6.47. The molecule has 7 aliphatic rings. The minimum atomic E-state index is -0.888. The molecule has 15 atom stereocenters. The van der Waals surface area contributed by atoms with E-state index in [-0.39, 0.29) is 115 Å². The standard InChI is InChI=1S/C16H24BClN2O3.C16H25BN2O3.C16H23BN2O3.C14H20BClN2O3.C8H14BNO4.C7H14BNO3.C6H12BClN2O3/c1-4-23-16(21)14-10-19(17(3)22)11-15(14)20(18)12(2)13-8-6-5-7-9-13;2*1-4-22-16(20)14-10-19(17(3)21)11-15(14)18-12(2)13-8-6-5-7-9-13;1-10(11-6-4-3-5-7-11)18(16)13-9-17(15(2)21)8-12(13)14(19)20;1-3-14-8(12)6-4-10(9(2)13)5-7(6)11;1-5-3-9(8(2)12)4-6(5)7(10)11;1-7(13)10-2-4(6(11)12)5(3-10)9-8/h5-9,12,14-15,22H,4,10-11H2,1-3H3;5-9,12,14-15,18,21H,4,10-11H2,1-3H3;5-9,12,18,21H,4,10-11H2,1-3H3;3-7,10,12-13,21H,8-9H2,1-2H3,(H,19,20);6,13H,3-5H2,1-2H3;5-6,12H,3-4H2,1-2H3,(H,10,11);4-5,9,13H,2-3H2,1H3,(H,11,12)/t2*12-,14-,15-;12-;10-,12-,13-;;5-,6-;4-,5-/m1111.11/s1. The number of Topliss-reactive ketones (excluding diaryl/α,β-unsaturated/α-hetero) is 1. The first kappa shape index (κ1) is 111. The summed E-state index contributed by atoms with van der Waals surface area (Å²) in [4.78, 5) is 107. The first-order valence-electron chi connectivity index (χ1n) is 43.6. The van der Waals surface area contributed by atoms with Crippen LogP contribution in [-0.4, -0.2) is 332 Å². The summed E-state index contributed by atoms with van der Waals surface area (Å²) in [7, 11) is -4.30. The van der Waals surface area contributed by atoms with Gasteiger partial charge in [-0.1, -0.05) is 128 Å². The quantitative estimate of drug-likeness (QED) is 0.0105. The number of hydrogen-bond donors (Lipinski definition) is 13. The fraction of sp³-hybridized carbons (Fsp3) is 0.590. The smallest absolute Gasteiger partial charge is 0.377 e. The second-order valence-corrected chi connectivity index (χ2v) is 33.9. The molecule has 13 N–H and O–H groups in total. The molecular weight excluding hydrogens is 1700 g/mol. The van der Waals surface area contributed by atoms with Crippen LogP contribution in [0.15, 0.2) is 133 Å². The summed E-state index contributed by atoms with van der Waals surface area (Å²) < 4.78 is 23.5. The van der Waals surface area contributed by atoms with E-state index in [9.17, 15) is 78.6 Å². The number of carbonyl (C=O) groups is 8. The largest absolute Gasteiger partial charge is 0.481 e. The minimum absolute atomic E-state index is 0.0242. The van der Waals surface area contributed by atoms with Crippen molar-refractivity contribution in [3.63, 3.8) is 0 Å². The van der Waals surface area contributed by atoms with Crippen molar-refractivity contribution in [3.05, 3.63) is 155 Å². The van der Waals surface area contributed by atoms with Crippen LogP contribution in [-0.2, 0) is 57.3 Å². The van der Waals surface area contributed by atoms with E-state index in [0.29, 0.717) is 104 Å². The van der Waals surface area contributed by atoms with Crippen LogP contribution in [0.2, 0.25) is 47.8 Å². The van der Waals surface area contributed by atoms with E-state index >= 15 is 0 Å². The van der Waals surface area contributed by atoms with E-state index in [1.54, 1.807) is 96.6 Å². The molecule has 0 aliphatic carbocycles. The third-order valence-electron chi connectivity index (χ3n) is 23.7. The lowest BCUT2D eigenvalue weighted by molar-refractivity contribution is -0.150. The number of ketones is 1. The van der Waals surface area contributed by atoms with Gasteiger partial charge in [0.15, 0.2) is 5.78 Å². The zero-order valence-corrected chi connectivity index (χ0v) is 78.3. The molecule has 0 spiro atoms. The van der Waals surface area contributed by atoms with Crippen LogP contribution in [0.5, 0.6) is 0 Å². The van der Waals surface area contributed by atoms with E-state index in [4.69, 9.17) is 64.5 Å². The topological polar surface area (TPSA) is 441 Å². The van der Waals surface area contributed by atoms with Gasteiger partial charge >= 0.3 is 91.1 Å². The molecule has 0 amide bonds. The maximum Gasteiger partial charge on any atom is 0.377 e. The predicted molar refractivity (Wildman–Crippen MR) is 495 cm³/mol. The Morgan fingerprint density at radius 1 is 0.409 bits per heavy atom. The van der Waals surface area contributed by atoms with Crippen LogP contribution in [0.25, 0.3) is 0 Å².